The normalized spacial score (nSPS) is 13.9. The van der Waals surface area contributed by atoms with Gasteiger partial charge in [0.15, 0.2) is 0 Å². The van der Waals surface area contributed by atoms with E-state index in [4.69, 9.17) is 0 Å². The molecule has 1 atom stereocenters. The number of hydrogen-bond acceptors (Lipinski definition) is 0. The predicted octanol–water partition coefficient (Wildman–Crippen LogP) is 1.46. The van der Waals surface area contributed by atoms with Crippen molar-refractivity contribution in [1.82, 2.24) is 0 Å². The van der Waals surface area contributed by atoms with Gasteiger partial charge in [0.1, 0.15) is 0 Å². The maximum absolute atomic E-state index is 3.93. The molecule has 31 heavy (non-hydrogen) atoms. The average Bonchev–Trinajstić information content (AvgIpc) is 3.40. The molecule has 0 radical (unpaired) electrons. The summed E-state index contributed by atoms with van der Waals surface area (Å²) in [6.07, 6.45) is 7.94. The topological polar surface area (TPSA) is 0 Å². The van der Waals surface area contributed by atoms with E-state index >= 15 is 0 Å². The molecule has 0 N–H and O–H groups in total. The minimum atomic E-state index is -3.09. The molecule has 156 valence electrons. The molecule has 0 bridgehead atoms. The van der Waals surface area contributed by atoms with Crippen LogP contribution in [0.1, 0.15) is 34.2 Å². The van der Waals surface area contributed by atoms with Gasteiger partial charge >= 0.3 is 173 Å². The molecule has 5 rings (SSSR count). The summed E-state index contributed by atoms with van der Waals surface area (Å²) in [6, 6.07) is 28.4. The molecule has 0 aliphatic heterocycles. The van der Waals surface area contributed by atoms with E-state index in [0.717, 1.165) is 12.0 Å². The smallest absolute Gasteiger partial charge is 1.00 e. The summed E-state index contributed by atoms with van der Waals surface area (Å²) in [5, 5.41) is 0. The van der Waals surface area contributed by atoms with Crippen molar-refractivity contribution >= 4 is 0 Å². The van der Waals surface area contributed by atoms with Crippen molar-refractivity contribution in [3.05, 3.63) is 117 Å². The minimum Gasteiger partial charge on any atom is -1.00 e. The van der Waals surface area contributed by atoms with E-state index < -0.39 is 20.3 Å². The van der Waals surface area contributed by atoms with Crippen molar-refractivity contribution in [3.8, 4) is 20.7 Å². The van der Waals surface area contributed by atoms with E-state index in [0.29, 0.717) is 3.63 Å². The first-order chi connectivity index (χ1) is 13.8. The second-order valence-corrected chi connectivity index (χ2v) is 17.3. The van der Waals surface area contributed by atoms with Gasteiger partial charge in [0, 0.05) is 0 Å². The van der Waals surface area contributed by atoms with Gasteiger partial charge in [-0.3, -0.25) is 0 Å². The van der Waals surface area contributed by atoms with E-state index in [1.165, 1.54) is 22.3 Å². The molecule has 1 unspecified atom stereocenters. The fourth-order valence-electron chi connectivity index (χ4n) is 4.67. The summed E-state index contributed by atoms with van der Waals surface area (Å²) in [4.78, 5) is 0. The van der Waals surface area contributed by atoms with Crippen LogP contribution in [-0.2, 0) is 20.3 Å². The maximum Gasteiger partial charge on any atom is -1.00 e. The Bertz CT molecular complexity index is 1120. The molecule has 0 spiro atoms. The maximum atomic E-state index is 3.93. The van der Waals surface area contributed by atoms with Crippen LogP contribution in [0.15, 0.2) is 100 Å². The third-order valence-corrected chi connectivity index (χ3v) is 16.2. The van der Waals surface area contributed by atoms with Gasteiger partial charge in [0.2, 0.25) is 0 Å². The van der Waals surface area contributed by atoms with E-state index in [9.17, 15) is 0 Å². The van der Waals surface area contributed by atoms with Crippen molar-refractivity contribution in [1.29, 1.82) is 0 Å². The number of allylic oxidation sites excluding steroid dienone is 4. The zero-order valence-electron chi connectivity index (χ0n) is 16.8. The molecule has 3 heteroatoms. The van der Waals surface area contributed by atoms with Gasteiger partial charge in [-0.05, 0) is 0 Å². The third-order valence-electron chi connectivity index (χ3n) is 6.09. The Morgan fingerprint density at radius 1 is 0.774 bits per heavy atom. The molecule has 0 heterocycles. The minimum absolute atomic E-state index is 0. The number of hydrogen-bond donors (Lipinski definition) is 0. The van der Waals surface area contributed by atoms with Gasteiger partial charge in [0.05, 0.1) is 0 Å². The Morgan fingerprint density at radius 2 is 1.32 bits per heavy atom. The molecule has 0 fully saturated rings. The average molecular weight is 525 g/mol. The van der Waals surface area contributed by atoms with Crippen molar-refractivity contribution in [3.63, 3.8) is 0 Å². The van der Waals surface area contributed by atoms with E-state index in [1.807, 2.05) is 0 Å². The number of halogens is 2. The van der Waals surface area contributed by atoms with Crippen LogP contribution < -0.4 is 24.8 Å². The van der Waals surface area contributed by atoms with Crippen molar-refractivity contribution in [2.45, 2.75) is 22.1 Å². The molecule has 3 aromatic carbocycles. The van der Waals surface area contributed by atoms with Crippen LogP contribution in [0.2, 0.25) is 4.63 Å². The second kappa shape index (κ2) is 10.7. The quantitative estimate of drug-likeness (QED) is 0.446. The molecule has 0 aromatic heterocycles. The van der Waals surface area contributed by atoms with Crippen molar-refractivity contribution in [2.75, 3.05) is 0 Å². The zero-order chi connectivity index (χ0) is 19.0. The Hall–Kier alpha value is -1.84. The number of benzene rings is 3. The number of fused-ring (bicyclic) bond motifs is 3. The standard InChI is InChI=1S/C13H9.C8H5.C5H5.CH4.CH3.2ClH.Zr/c1-3-7-12-10(5-1)9-11-6-2-4-8-13(11)12;1-2-8-6-4-3-5-7-8;1-2-4-5-3-1;;;;;/h1-9H;3-7H;1-3H,4H2;1H4;1H3;2*1H;/q;;;;;;;+2/p-2. The van der Waals surface area contributed by atoms with E-state index in [-0.39, 0.29) is 32.2 Å². The summed E-state index contributed by atoms with van der Waals surface area (Å²) in [7, 11) is 0. The zero-order valence-corrected chi connectivity index (χ0v) is 20.7. The first-order valence-electron chi connectivity index (χ1n) is 9.90. The van der Waals surface area contributed by atoms with Crippen LogP contribution >= 0.6 is 0 Å². The van der Waals surface area contributed by atoms with Crippen LogP contribution in [0, 0.1) is 9.55 Å². The summed E-state index contributed by atoms with van der Waals surface area (Å²) < 4.78 is 8.52. The SMILES string of the molecule is C.[CH3][Zr+2]([C]#Cc1ccccc1)([C]1=CC=CC1)[CH]1c2ccccc2-c2ccccc21.[Cl-].[Cl-]. The molecular weight excluding hydrogens is 498 g/mol. The van der Waals surface area contributed by atoms with Crippen molar-refractivity contribution < 1.29 is 45.1 Å². The largest absolute Gasteiger partial charge is 1.00 e. The Morgan fingerprint density at radius 3 is 1.87 bits per heavy atom. The number of rotatable bonds is 2. The molecular formula is C28H26Cl2Zr. The Balaban J connectivity index is 0.00000114. The van der Waals surface area contributed by atoms with Crippen LogP contribution in [0.25, 0.3) is 11.1 Å². The molecule has 0 saturated carbocycles. The van der Waals surface area contributed by atoms with Gasteiger partial charge in [0.25, 0.3) is 0 Å². The van der Waals surface area contributed by atoms with E-state index in [1.54, 1.807) is 3.28 Å². The van der Waals surface area contributed by atoms with Gasteiger partial charge in [-0.15, -0.1) is 0 Å². The molecule has 0 amide bonds. The first-order valence-corrected chi connectivity index (χ1v) is 16.2. The fraction of sp³-hybridized carbons (Fsp3) is 0.143. The predicted molar refractivity (Wildman–Crippen MR) is 121 cm³/mol. The molecule has 2 aliphatic rings. The molecule has 0 saturated heterocycles. The van der Waals surface area contributed by atoms with Gasteiger partial charge in [-0.1, -0.05) is 7.43 Å². The van der Waals surface area contributed by atoms with Crippen LogP contribution in [-0.4, -0.2) is 0 Å². The van der Waals surface area contributed by atoms with Gasteiger partial charge in [-0.2, -0.15) is 0 Å². The fourth-order valence-corrected chi connectivity index (χ4v) is 14.0. The summed E-state index contributed by atoms with van der Waals surface area (Å²) in [6.45, 7) is 0. The monoisotopic (exact) mass is 522 g/mol. The van der Waals surface area contributed by atoms with Crippen LogP contribution in [0.4, 0.5) is 0 Å². The Labute approximate surface area is 203 Å². The van der Waals surface area contributed by atoms with E-state index in [2.05, 4.69) is 111 Å². The van der Waals surface area contributed by atoms with Crippen LogP contribution in [0.3, 0.4) is 0 Å². The van der Waals surface area contributed by atoms with Gasteiger partial charge in [-0.25, -0.2) is 0 Å². The van der Waals surface area contributed by atoms with Crippen LogP contribution in [0.5, 0.6) is 0 Å². The third kappa shape index (κ3) is 4.54. The summed E-state index contributed by atoms with van der Waals surface area (Å²) in [5.41, 5.74) is 6.89. The van der Waals surface area contributed by atoms with Gasteiger partial charge < -0.3 is 24.8 Å². The molecule has 2 aliphatic carbocycles. The Kier molecular flexibility index (Phi) is 8.74. The first kappa shape index (κ1) is 25.4. The second-order valence-electron chi connectivity index (χ2n) is 7.75. The molecule has 0 nitrogen and oxygen atoms in total. The summed E-state index contributed by atoms with van der Waals surface area (Å²) >= 11 is -3.09. The molecule has 3 aromatic rings. The summed E-state index contributed by atoms with van der Waals surface area (Å²) in [5.74, 6) is 3.58. The van der Waals surface area contributed by atoms with Crippen molar-refractivity contribution in [2.24, 2.45) is 0 Å².